The van der Waals surface area contributed by atoms with Crippen molar-refractivity contribution in [2.24, 2.45) is 0 Å². The number of imidazole rings is 1. The fourth-order valence-electron chi connectivity index (χ4n) is 2.57. The minimum absolute atomic E-state index is 0.0415. The zero-order chi connectivity index (χ0) is 17.1. The number of nitrogens with zero attached hydrogens (tertiary/aromatic N) is 5. The second kappa shape index (κ2) is 6.56. The molecule has 0 aliphatic rings. The molecule has 3 aromatic heterocycles. The fourth-order valence-corrected chi connectivity index (χ4v) is 2.57. The van der Waals surface area contributed by atoms with Gasteiger partial charge in [-0.1, -0.05) is 12.1 Å². The number of hydrogen-bond acceptors (Lipinski definition) is 4. The molecule has 0 aliphatic heterocycles. The molecule has 0 radical (unpaired) electrons. The maximum absolute atomic E-state index is 12.0. The summed E-state index contributed by atoms with van der Waals surface area (Å²) in [6.07, 6.45) is 9.47. The van der Waals surface area contributed by atoms with Gasteiger partial charge in [-0.25, -0.2) is 9.97 Å². The molecule has 0 atom stereocenters. The number of carbonyl (C=O) groups is 1. The molecular weight excluding hydrogens is 316 g/mol. The highest BCUT2D eigenvalue weighted by molar-refractivity contribution is 5.90. The number of aryl methyl sites for hydroxylation is 1. The minimum Gasteiger partial charge on any atom is -0.326 e. The Bertz CT molecular complexity index is 955. The average molecular weight is 332 g/mol. The summed E-state index contributed by atoms with van der Waals surface area (Å²) in [5, 5.41) is 6.97. The number of rotatable bonds is 5. The van der Waals surface area contributed by atoms with Crippen LogP contribution in [0.3, 0.4) is 0 Å². The second-order valence-corrected chi connectivity index (χ2v) is 5.60. The lowest BCUT2D eigenvalue weighted by Crippen LogP contribution is -2.14. The molecule has 7 heteroatoms. The first-order chi connectivity index (χ1) is 12.3. The van der Waals surface area contributed by atoms with Crippen LogP contribution in [0.25, 0.3) is 17.0 Å². The van der Waals surface area contributed by atoms with Crippen LogP contribution >= 0.6 is 0 Å². The first-order valence-corrected chi connectivity index (χ1v) is 7.95. The summed E-state index contributed by atoms with van der Waals surface area (Å²) < 4.78 is 3.61. The van der Waals surface area contributed by atoms with Gasteiger partial charge in [-0.2, -0.15) is 5.10 Å². The van der Waals surface area contributed by atoms with Crippen LogP contribution in [0.15, 0.2) is 67.4 Å². The molecule has 124 valence electrons. The van der Waals surface area contributed by atoms with Crippen molar-refractivity contribution in [1.82, 2.24) is 24.1 Å². The molecule has 0 unspecified atom stereocenters. The third-order valence-electron chi connectivity index (χ3n) is 3.83. The van der Waals surface area contributed by atoms with Gasteiger partial charge in [0.2, 0.25) is 11.7 Å². The van der Waals surface area contributed by atoms with Crippen molar-refractivity contribution < 1.29 is 4.79 Å². The van der Waals surface area contributed by atoms with Crippen LogP contribution in [0.1, 0.15) is 6.42 Å². The molecule has 4 aromatic rings. The van der Waals surface area contributed by atoms with Gasteiger partial charge in [0.1, 0.15) is 0 Å². The zero-order valence-corrected chi connectivity index (χ0v) is 13.4. The van der Waals surface area contributed by atoms with Crippen LogP contribution in [-0.2, 0) is 11.3 Å². The largest absolute Gasteiger partial charge is 0.326 e. The quantitative estimate of drug-likeness (QED) is 0.609. The van der Waals surface area contributed by atoms with Crippen LogP contribution < -0.4 is 5.32 Å². The monoisotopic (exact) mass is 332 g/mol. The molecule has 0 fully saturated rings. The number of amides is 1. The first-order valence-electron chi connectivity index (χ1n) is 7.95. The molecule has 1 N–H and O–H groups in total. The predicted molar refractivity (Wildman–Crippen MR) is 93.9 cm³/mol. The van der Waals surface area contributed by atoms with Crippen molar-refractivity contribution in [3.63, 3.8) is 0 Å². The first kappa shape index (κ1) is 15.1. The van der Waals surface area contributed by atoms with Gasteiger partial charge in [-0.3, -0.25) is 13.9 Å². The number of carbonyl (C=O) groups excluding carboxylic acids is 1. The van der Waals surface area contributed by atoms with Gasteiger partial charge in [-0.15, -0.1) is 0 Å². The standard InChI is InChI=1S/C18H16N6O/c25-17(7-12-24-11-2-9-20-24)21-15-5-3-14(4-6-15)16-13-23-10-1-8-19-18(23)22-16/h1-6,8-11,13H,7,12H2,(H,21,25). The van der Waals surface area contributed by atoms with Gasteiger partial charge in [0.15, 0.2) is 0 Å². The predicted octanol–water partition coefficient (Wildman–Crippen LogP) is 2.62. The van der Waals surface area contributed by atoms with E-state index in [1.54, 1.807) is 17.1 Å². The number of fused-ring (bicyclic) bond motifs is 1. The van der Waals surface area contributed by atoms with Crippen LogP contribution in [0, 0.1) is 0 Å². The molecule has 0 bridgehead atoms. The van der Waals surface area contributed by atoms with Crippen molar-refractivity contribution in [2.45, 2.75) is 13.0 Å². The Morgan fingerprint density at radius 1 is 1.08 bits per heavy atom. The van der Waals surface area contributed by atoms with Crippen molar-refractivity contribution >= 4 is 17.4 Å². The smallest absolute Gasteiger partial charge is 0.234 e. The van der Waals surface area contributed by atoms with Gasteiger partial charge in [-0.05, 0) is 24.3 Å². The Hall–Kier alpha value is -3.48. The van der Waals surface area contributed by atoms with Gasteiger partial charge >= 0.3 is 0 Å². The van der Waals surface area contributed by atoms with E-state index in [-0.39, 0.29) is 5.91 Å². The zero-order valence-electron chi connectivity index (χ0n) is 13.4. The van der Waals surface area contributed by atoms with Crippen molar-refractivity contribution in [3.05, 3.63) is 67.4 Å². The topological polar surface area (TPSA) is 77.1 Å². The molecule has 25 heavy (non-hydrogen) atoms. The Kier molecular flexibility index (Phi) is 3.96. The molecule has 1 amide bonds. The molecular formula is C18H16N6O. The maximum atomic E-state index is 12.0. The van der Waals surface area contributed by atoms with Crippen LogP contribution in [0.5, 0.6) is 0 Å². The minimum atomic E-state index is -0.0415. The number of nitrogens with one attached hydrogen (secondary N) is 1. The molecule has 4 rings (SSSR count). The van der Waals surface area contributed by atoms with Crippen LogP contribution in [0.2, 0.25) is 0 Å². The van der Waals surface area contributed by atoms with E-state index in [0.717, 1.165) is 16.9 Å². The lowest BCUT2D eigenvalue weighted by molar-refractivity contribution is -0.116. The van der Waals surface area contributed by atoms with E-state index in [1.807, 2.05) is 59.4 Å². The molecule has 0 saturated carbocycles. The van der Waals surface area contributed by atoms with Crippen molar-refractivity contribution in [1.29, 1.82) is 0 Å². The summed E-state index contributed by atoms with van der Waals surface area (Å²) in [5.41, 5.74) is 2.58. The van der Waals surface area contributed by atoms with E-state index in [9.17, 15) is 4.79 Å². The highest BCUT2D eigenvalue weighted by atomic mass is 16.1. The van der Waals surface area contributed by atoms with Gasteiger partial charge in [0, 0.05) is 55.2 Å². The average Bonchev–Trinajstić information content (AvgIpc) is 3.30. The summed E-state index contributed by atoms with van der Waals surface area (Å²) in [6.45, 7) is 0.561. The SMILES string of the molecule is O=C(CCn1cccn1)Nc1ccc(-c2cn3cccnc3n2)cc1. The molecule has 0 aliphatic carbocycles. The lowest BCUT2D eigenvalue weighted by atomic mass is 10.1. The van der Waals surface area contributed by atoms with E-state index in [2.05, 4.69) is 20.4 Å². The molecule has 7 nitrogen and oxygen atoms in total. The van der Waals surface area contributed by atoms with E-state index < -0.39 is 0 Å². The normalized spacial score (nSPS) is 10.9. The highest BCUT2D eigenvalue weighted by Crippen LogP contribution is 2.20. The van der Waals surface area contributed by atoms with Gasteiger partial charge in [0.05, 0.1) is 5.69 Å². The second-order valence-electron chi connectivity index (χ2n) is 5.60. The third kappa shape index (κ3) is 3.40. The number of benzene rings is 1. The Labute approximate surface area is 144 Å². The number of hydrogen-bond donors (Lipinski definition) is 1. The third-order valence-corrected chi connectivity index (χ3v) is 3.83. The number of anilines is 1. The molecule has 0 saturated heterocycles. The van der Waals surface area contributed by atoms with Crippen molar-refractivity contribution in [2.75, 3.05) is 5.32 Å². The summed E-state index contributed by atoms with van der Waals surface area (Å²) in [5.74, 6) is 0.619. The maximum Gasteiger partial charge on any atom is 0.234 e. The van der Waals surface area contributed by atoms with E-state index in [1.165, 1.54) is 0 Å². The van der Waals surface area contributed by atoms with Gasteiger partial charge < -0.3 is 5.32 Å². The summed E-state index contributed by atoms with van der Waals surface area (Å²) in [6, 6.07) is 11.3. The summed E-state index contributed by atoms with van der Waals surface area (Å²) in [7, 11) is 0. The van der Waals surface area contributed by atoms with Crippen molar-refractivity contribution in [3.8, 4) is 11.3 Å². The Morgan fingerprint density at radius 2 is 1.92 bits per heavy atom. The molecule has 1 aromatic carbocycles. The van der Waals surface area contributed by atoms with Gasteiger partial charge in [0.25, 0.3) is 0 Å². The highest BCUT2D eigenvalue weighted by Gasteiger charge is 2.06. The molecule has 3 heterocycles. The Morgan fingerprint density at radius 3 is 2.68 bits per heavy atom. The van der Waals surface area contributed by atoms with Crippen LogP contribution in [-0.4, -0.2) is 30.1 Å². The lowest BCUT2D eigenvalue weighted by Gasteiger charge is -2.06. The van der Waals surface area contributed by atoms with E-state index in [0.29, 0.717) is 18.7 Å². The van der Waals surface area contributed by atoms with E-state index >= 15 is 0 Å². The van der Waals surface area contributed by atoms with Crippen LogP contribution in [0.4, 0.5) is 5.69 Å². The van der Waals surface area contributed by atoms with E-state index in [4.69, 9.17) is 0 Å². The summed E-state index contributed by atoms with van der Waals surface area (Å²) in [4.78, 5) is 20.7. The summed E-state index contributed by atoms with van der Waals surface area (Å²) >= 11 is 0. The fraction of sp³-hybridized carbons (Fsp3) is 0.111. The Balaban J connectivity index is 1.42. The number of aromatic nitrogens is 5. The molecule has 0 spiro atoms.